The van der Waals surface area contributed by atoms with Gasteiger partial charge in [0, 0.05) is 15.0 Å². The van der Waals surface area contributed by atoms with Crippen LogP contribution in [-0.4, -0.2) is 5.91 Å². The Balaban J connectivity index is 1.89. The number of fused-ring (bicyclic) bond motifs is 1. The van der Waals surface area contributed by atoms with Crippen LogP contribution < -0.4 is 11.1 Å². The number of nitrogen functional groups attached to an aromatic ring is 1. The van der Waals surface area contributed by atoms with E-state index < -0.39 is 0 Å². The maximum Gasteiger partial charge on any atom is 0.264 e. The second-order valence-electron chi connectivity index (χ2n) is 5.06. The molecule has 3 N–H and O–H groups in total. The number of aryl methyl sites for hydroxylation is 1. The smallest absolute Gasteiger partial charge is 0.264 e. The summed E-state index contributed by atoms with van der Waals surface area (Å²) < 4.78 is 1.05. The lowest BCUT2D eigenvalue weighted by molar-refractivity contribution is 0.0945. The zero-order chi connectivity index (χ0) is 15.0. The number of hydrogen-bond acceptors (Lipinski definition) is 4. The molecule has 2 heterocycles. The van der Waals surface area contributed by atoms with Gasteiger partial charge in [-0.3, -0.25) is 4.79 Å². The number of hydrogen-bond donors (Lipinski definition) is 2. The van der Waals surface area contributed by atoms with Gasteiger partial charge < -0.3 is 11.1 Å². The second-order valence-corrected chi connectivity index (χ2v) is 7.09. The third-order valence-electron chi connectivity index (χ3n) is 3.41. The van der Waals surface area contributed by atoms with Crippen molar-refractivity contribution in [1.82, 2.24) is 5.32 Å². The summed E-state index contributed by atoms with van der Waals surface area (Å²) in [7, 11) is 0. The van der Waals surface area contributed by atoms with Gasteiger partial charge in [-0.15, -0.1) is 22.7 Å². The van der Waals surface area contributed by atoms with Crippen LogP contribution in [0.3, 0.4) is 0 Å². The number of amides is 1. The Morgan fingerprint density at radius 3 is 2.86 bits per heavy atom. The lowest BCUT2D eigenvalue weighted by Crippen LogP contribution is -2.25. The van der Waals surface area contributed by atoms with E-state index in [2.05, 4.69) is 5.32 Å². The Morgan fingerprint density at radius 2 is 2.14 bits per heavy atom. The highest BCUT2D eigenvalue weighted by molar-refractivity contribution is 7.21. The van der Waals surface area contributed by atoms with Crippen molar-refractivity contribution in [3.63, 3.8) is 0 Å². The van der Waals surface area contributed by atoms with Crippen molar-refractivity contribution >= 4 is 44.4 Å². The van der Waals surface area contributed by atoms with Crippen molar-refractivity contribution in [2.24, 2.45) is 0 Å². The maximum absolute atomic E-state index is 12.4. The molecule has 0 radical (unpaired) electrons. The zero-order valence-corrected chi connectivity index (χ0v) is 13.5. The first kappa shape index (κ1) is 14.1. The van der Waals surface area contributed by atoms with Crippen molar-refractivity contribution in [3.05, 3.63) is 51.0 Å². The average molecular weight is 316 g/mol. The highest BCUT2D eigenvalue weighted by Crippen LogP contribution is 2.34. The van der Waals surface area contributed by atoms with E-state index in [0.29, 0.717) is 10.6 Å². The number of anilines is 1. The fourth-order valence-corrected chi connectivity index (χ4v) is 4.01. The summed E-state index contributed by atoms with van der Waals surface area (Å²) in [4.78, 5) is 14.2. The van der Waals surface area contributed by atoms with Crippen LogP contribution in [0, 0.1) is 6.92 Å². The molecule has 3 aromatic rings. The van der Waals surface area contributed by atoms with Gasteiger partial charge in [0.05, 0.1) is 11.7 Å². The molecular formula is C16H16N2OS2. The summed E-state index contributed by atoms with van der Waals surface area (Å²) >= 11 is 3.08. The molecule has 0 aliphatic carbocycles. The quantitative estimate of drug-likeness (QED) is 0.755. The Hall–Kier alpha value is -1.85. The minimum Gasteiger partial charge on any atom is -0.397 e. The SMILES string of the molecule is Cc1ccc2sc(C(=O)NC(C)c3cccs3)c(N)c2c1. The molecule has 3 nitrogen and oxygen atoms in total. The number of benzene rings is 1. The third-order valence-corrected chi connectivity index (χ3v) is 5.65. The second kappa shape index (κ2) is 5.50. The molecule has 0 aliphatic heterocycles. The largest absolute Gasteiger partial charge is 0.397 e. The molecule has 2 aromatic heterocycles. The van der Waals surface area contributed by atoms with Gasteiger partial charge in [0.25, 0.3) is 5.91 Å². The van der Waals surface area contributed by atoms with Crippen molar-refractivity contribution in [3.8, 4) is 0 Å². The van der Waals surface area contributed by atoms with Crippen LogP contribution in [0.25, 0.3) is 10.1 Å². The first-order valence-corrected chi connectivity index (χ1v) is 8.39. The van der Waals surface area contributed by atoms with Gasteiger partial charge in [-0.2, -0.15) is 0 Å². The van der Waals surface area contributed by atoms with E-state index in [1.807, 2.05) is 49.6 Å². The van der Waals surface area contributed by atoms with Crippen LogP contribution in [0.2, 0.25) is 0 Å². The molecular weight excluding hydrogens is 300 g/mol. The van der Waals surface area contributed by atoms with Gasteiger partial charge >= 0.3 is 0 Å². The van der Waals surface area contributed by atoms with E-state index in [4.69, 9.17) is 5.73 Å². The minimum absolute atomic E-state index is 0.0103. The normalized spacial score (nSPS) is 12.5. The highest BCUT2D eigenvalue weighted by Gasteiger charge is 2.18. The summed E-state index contributed by atoms with van der Waals surface area (Å²) in [6.45, 7) is 4.01. The van der Waals surface area contributed by atoms with E-state index in [1.165, 1.54) is 11.3 Å². The van der Waals surface area contributed by atoms with Crippen molar-refractivity contribution in [2.45, 2.75) is 19.9 Å². The van der Waals surface area contributed by atoms with Crippen LogP contribution in [0.15, 0.2) is 35.7 Å². The molecule has 5 heteroatoms. The van der Waals surface area contributed by atoms with Gasteiger partial charge in [-0.1, -0.05) is 17.7 Å². The first-order chi connectivity index (χ1) is 10.1. The van der Waals surface area contributed by atoms with Crippen molar-refractivity contribution in [1.29, 1.82) is 0 Å². The van der Waals surface area contributed by atoms with Gasteiger partial charge in [0.2, 0.25) is 0 Å². The molecule has 0 bridgehead atoms. The summed E-state index contributed by atoms with van der Waals surface area (Å²) in [6, 6.07) is 10.1. The Kier molecular flexibility index (Phi) is 3.69. The van der Waals surface area contributed by atoms with E-state index in [9.17, 15) is 4.79 Å². The monoisotopic (exact) mass is 316 g/mol. The molecule has 21 heavy (non-hydrogen) atoms. The number of nitrogens with two attached hydrogens (primary N) is 1. The highest BCUT2D eigenvalue weighted by atomic mass is 32.1. The molecule has 0 aliphatic rings. The molecule has 108 valence electrons. The van der Waals surface area contributed by atoms with Crippen molar-refractivity contribution < 1.29 is 4.79 Å². The van der Waals surface area contributed by atoms with Gasteiger partial charge in [0.1, 0.15) is 4.88 Å². The predicted octanol–water partition coefficient (Wildman–Crippen LogP) is 4.34. The topological polar surface area (TPSA) is 55.1 Å². The van der Waals surface area contributed by atoms with Crippen LogP contribution in [0.4, 0.5) is 5.69 Å². The number of carbonyl (C=O) groups is 1. The molecule has 1 amide bonds. The molecule has 1 atom stereocenters. The minimum atomic E-state index is -0.104. The Labute approximate surface area is 131 Å². The van der Waals surface area contributed by atoms with Crippen molar-refractivity contribution in [2.75, 3.05) is 5.73 Å². The molecule has 0 saturated heterocycles. The number of nitrogens with one attached hydrogen (secondary N) is 1. The number of carbonyl (C=O) groups excluding carboxylic acids is 1. The molecule has 1 aromatic carbocycles. The van der Waals surface area contributed by atoms with E-state index in [-0.39, 0.29) is 11.9 Å². The maximum atomic E-state index is 12.4. The van der Waals surface area contributed by atoms with Crippen LogP contribution in [-0.2, 0) is 0 Å². The van der Waals surface area contributed by atoms with E-state index in [1.54, 1.807) is 11.3 Å². The lowest BCUT2D eigenvalue weighted by atomic mass is 10.1. The van der Waals surface area contributed by atoms with E-state index >= 15 is 0 Å². The van der Waals surface area contributed by atoms with Crippen LogP contribution >= 0.6 is 22.7 Å². The standard InChI is InChI=1S/C16H16N2OS2/c1-9-5-6-13-11(8-9)14(17)15(21-13)16(19)18-10(2)12-4-3-7-20-12/h3-8,10H,17H2,1-2H3,(H,18,19). The molecule has 0 saturated carbocycles. The van der Waals surface area contributed by atoms with Gasteiger partial charge in [-0.25, -0.2) is 0 Å². The summed E-state index contributed by atoms with van der Waals surface area (Å²) in [5.41, 5.74) is 7.88. The summed E-state index contributed by atoms with van der Waals surface area (Å²) in [5.74, 6) is -0.104. The van der Waals surface area contributed by atoms with Crippen LogP contribution in [0.5, 0.6) is 0 Å². The lowest BCUT2D eigenvalue weighted by Gasteiger charge is -2.11. The molecule has 0 spiro atoms. The molecule has 0 fully saturated rings. The molecule has 3 rings (SSSR count). The molecule has 1 unspecified atom stereocenters. The Morgan fingerprint density at radius 1 is 1.33 bits per heavy atom. The predicted molar refractivity (Wildman–Crippen MR) is 91.2 cm³/mol. The average Bonchev–Trinajstić information content (AvgIpc) is 3.08. The summed E-state index contributed by atoms with van der Waals surface area (Å²) in [5, 5.41) is 5.99. The zero-order valence-electron chi connectivity index (χ0n) is 11.8. The van der Waals surface area contributed by atoms with Crippen LogP contribution in [0.1, 0.15) is 33.1 Å². The number of rotatable bonds is 3. The Bertz CT molecular complexity index is 790. The fourth-order valence-electron chi connectivity index (χ4n) is 2.27. The van der Waals surface area contributed by atoms with Gasteiger partial charge in [-0.05, 0) is 37.4 Å². The fraction of sp³-hybridized carbons (Fsp3) is 0.188. The number of thiophene rings is 2. The summed E-state index contributed by atoms with van der Waals surface area (Å²) in [6.07, 6.45) is 0. The third kappa shape index (κ3) is 2.66. The van der Waals surface area contributed by atoms with E-state index in [0.717, 1.165) is 20.5 Å². The first-order valence-electron chi connectivity index (χ1n) is 6.69. The van der Waals surface area contributed by atoms with Gasteiger partial charge in [0.15, 0.2) is 0 Å².